The highest BCUT2D eigenvalue weighted by Crippen LogP contribution is 2.14. The number of guanidine groups is 1. The fourth-order valence-corrected chi connectivity index (χ4v) is 3.40. The van der Waals surface area contributed by atoms with Gasteiger partial charge in [-0.15, -0.1) is 0 Å². The first-order chi connectivity index (χ1) is 12.0. The fraction of sp³-hybridized carbons (Fsp3) is 0.312. The molecular formula is C16H21ClN4O3S. The van der Waals surface area contributed by atoms with Crippen LogP contribution < -0.4 is 15.4 Å². The molecule has 0 saturated carbocycles. The van der Waals surface area contributed by atoms with E-state index in [1.807, 2.05) is 12.1 Å². The number of aliphatic imine (C=N–C) groups is 1. The van der Waals surface area contributed by atoms with Crippen LogP contribution >= 0.6 is 11.6 Å². The van der Waals surface area contributed by atoms with Gasteiger partial charge in [-0.1, -0.05) is 17.7 Å². The maximum Gasteiger partial charge on any atom is 0.240 e. The number of hydrogen-bond donors (Lipinski definition) is 3. The van der Waals surface area contributed by atoms with Crippen molar-refractivity contribution in [2.24, 2.45) is 4.99 Å². The molecule has 0 amide bonds. The van der Waals surface area contributed by atoms with Crippen molar-refractivity contribution in [3.05, 3.63) is 53.4 Å². The molecule has 2 rings (SSSR count). The van der Waals surface area contributed by atoms with Gasteiger partial charge in [0, 0.05) is 38.1 Å². The van der Waals surface area contributed by atoms with Gasteiger partial charge < -0.3 is 15.1 Å². The Bertz CT molecular complexity index is 791. The molecule has 1 aromatic carbocycles. The van der Waals surface area contributed by atoms with Crippen LogP contribution in [0.2, 0.25) is 5.02 Å². The van der Waals surface area contributed by atoms with E-state index in [4.69, 9.17) is 16.0 Å². The number of rotatable bonds is 8. The summed E-state index contributed by atoms with van der Waals surface area (Å²) in [5.41, 5.74) is 0. The Labute approximate surface area is 152 Å². The zero-order valence-corrected chi connectivity index (χ0v) is 15.4. The van der Waals surface area contributed by atoms with E-state index >= 15 is 0 Å². The van der Waals surface area contributed by atoms with Gasteiger partial charge in [0.15, 0.2) is 5.96 Å². The minimum Gasteiger partial charge on any atom is -0.469 e. The quantitative estimate of drug-likeness (QED) is 0.365. The SMILES string of the molecule is CN=C(NCCNS(=O)(=O)c1cccc(Cl)c1)NCCc1ccco1. The number of halogens is 1. The van der Waals surface area contributed by atoms with Crippen molar-refractivity contribution in [2.45, 2.75) is 11.3 Å². The third kappa shape index (κ3) is 6.41. The molecule has 3 N–H and O–H groups in total. The molecule has 0 aliphatic carbocycles. The van der Waals surface area contributed by atoms with Gasteiger partial charge in [-0.3, -0.25) is 4.99 Å². The van der Waals surface area contributed by atoms with Crippen LogP contribution in [0.5, 0.6) is 0 Å². The van der Waals surface area contributed by atoms with Crippen molar-refractivity contribution in [2.75, 3.05) is 26.7 Å². The van der Waals surface area contributed by atoms with Crippen molar-refractivity contribution in [3.8, 4) is 0 Å². The lowest BCUT2D eigenvalue weighted by molar-refractivity contribution is 0.506. The lowest BCUT2D eigenvalue weighted by atomic mass is 10.3. The number of furan rings is 1. The summed E-state index contributed by atoms with van der Waals surface area (Å²) in [7, 11) is -1.93. The predicted molar refractivity (Wildman–Crippen MR) is 98.4 cm³/mol. The maximum absolute atomic E-state index is 12.1. The molecule has 0 saturated heterocycles. The van der Waals surface area contributed by atoms with Crippen molar-refractivity contribution in [1.29, 1.82) is 0 Å². The molecule has 0 bridgehead atoms. The van der Waals surface area contributed by atoms with Crippen LogP contribution in [0.15, 0.2) is 57.0 Å². The number of hydrogen-bond acceptors (Lipinski definition) is 4. The summed E-state index contributed by atoms with van der Waals surface area (Å²) in [5.74, 6) is 1.48. The molecule has 0 radical (unpaired) electrons. The van der Waals surface area contributed by atoms with E-state index in [9.17, 15) is 8.42 Å². The highest BCUT2D eigenvalue weighted by molar-refractivity contribution is 7.89. The number of nitrogens with one attached hydrogen (secondary N) is 3. The van der Waals surface area contributed by atoms with Crippen LogP contribution in [0.1, 0.15) is 5.76 Å². The van der Waals surface area contributed by atoms with E-state index in [-0.39, 0.29) is 11.4 Å². The van der Waals surface area contributed by atoms with Gasteiger partial charge in [0.1, 0.15) is 5.76 Å². The van der Waals surface area contributed by atoms with Crippen molar-refractivity contribution >= 4 is 27.6 Å². The van der Waals surface area contributed by atoms with Crippen LogP contribution in [0, 0.1) is 0 Å². The minimum atomic E-state index is -3.58. The van der Waals surface area contributed by atoms with Gasteiger partial charge in [0.05, 0.1) is 11.2 Å². The van der Waals surface area contributed by atoms with E-state index in [0.29, 0.717) is 24.1 Å². The molecule has 7 nitrogen and oxygen atoms in total. The molecule has 2 aromatic rings. The first-order valence-electron chi connectivity index (χ1n) is 7.73. The molecule has 136 valence electrons. The molecule has 0 unspecified atom stereocenters. The Morgan fingerprint density at radius 2 is 1.96 bits per heavy atom. The van der Waals surface area contributed by atoms with Gasteiger partial charge >= 0.3 is 0 Å². The molecule has 0 atom stereocenters. The van der Waals surface area contributed by atoms with E-state index in [2.05, 4.69) is 20.3 Å². The normalized spacial score (nSPS) is 12.2. The van der Waals surface area contributed by atoms with Crippen LogP contribution in [0.25, 0.3) is 0 Å². The number of benzene rings is 1. The summed E-state index contributed by atoms with van der Waals surface area (Å²) >= 11 is 5.82. The minimum absolute atomic E-state index is 0.140. The summed E-state index contributed by atoms with van der Waals surface area (Å²) in [6.45, 7) is 1.26. The molecule has 1 heterocycles. The van der Waals surface area contributed by atoms with Crippen LogP contribution in [-0.4, -0.2) is 41.1 Å². The van der Waals surface area contributed by atoms with E-state index < -0.39 is 10.0 Å². The van der Waals surface area contributed by atoms with E-state index in [0.717, 1.165) is 12.2 Å². The largest absolute Gasteiger partial charge is 0.469 e. The Hall–Kier alpha value is -2.03. The summed E-state index contributed by atoms with van der Waals surface area (Å²) in [6.07, 6.45) is 2.36. The number of sulfonamides is 1. The second kappa shape index (κ2) is 9.45. The standard InChI is InChI=1S/C16H21ClN4O3S/c1-18-16(19-8-7-14-5-3-11-24-14)20-9-10-21-25(22,23)15-6-2-4-13(17)12-15/h2-6,11-12,21H,7-10H2,1H3,(H2,18,19,20). The topological polar surface area (TPSA) is 95.7 Å². The Balaban J connectivity index is 1.71. The van der Waals surface area contributed by atoms with Crippen LogP contribution in [0.3, 0.4) is 0 Å². The maximum atomic E-state index is 12.1. The summed E-state index contributed by atoms with van der Waals surface area (Å²) < 4.78 is 32.1. The molecule has 0 fully saturated rings. The summed E-state index contributed by atoms with van der Waals surface area (Å²) in [5, 5.41) is 6.55. The average molecular weight is 385 g/mol. The highest BCUT2D eigenvalue weighted by atomic mass is 35.5. The fourth-order valence-electron chi connectivity index (χ4n) is 2.06. The monoisotopic (exact) mass is 384 g/mol. The van der Waals surface area contributed by atoms with Gasteiger partial charge in [-0.05, 0) is 30.3 Å². The third-order valence-electron chi connectivity index (χ3n) is 3.28. The molecule has 0 aliphatic rings. The van der Waals surface area contributed by atoms with Gasteiger partial charge in [0.2, 0.25) is 10.0 Å². The van der Waals surface area contributed by atoms with E-state index in [1.54, 1.807) is 25.4 Å². The van der Waals surface area contributed by atoms with Gasteiger partial charge in [-0.25, -0.2) is 13.1 Å². The molecule has 0 spiro atoms. The molecule has 1 aromatic heterocycles. The van der Waals surface area contributed by atoms with Gasteiger partial charge in [-0.2, -0.15) is 0 Å². The van der Waals surface area contributed by atoms with Crippen LogP contribution in [-0.2, 0) is 16.4 Å². The molecule has 0 aliphatic heterocycles. The summed E-state index contributed by atoms with van der Waals surface area (Å²) in [6, 6.07) is 9.88. The zero-order chi connectivity index (χ0) is 18.1. The Kier molecular flexibility index (Phi) is 7.30. The van der Waals surface area contributed by atoms with Crippen molar-refractivity contribution in [3.63, 3.8) is 0 Å². The molecular weight excluding hydrogens is 364 g/mol. The van der Waals surface area contributed by atoms with Crippen molar-refractivity contribution in [1.82, 2.24) is 15.4 Å². The van der Waals surface area contributed by atoms with E-state index in [1.165, 1.54) is 12.1 Å². The lowest BCUT2D eigenvalue weighted by Gasteiger charge is -2.12. The molecule has 25 heavy (non-hydrogen) atoms. The second-order valence-electron chi connectivity index (χ2n) is 5.11. The summed E-state index contributed by atoms with van der Waals surface area (Å²) in [4.78, 5) is 4.22. The average Bonchev–Trinajstić information content (AvgIpc) is 3.10. The highest BCUT2D eigenvalue weighted by Gasteiger charge is 2.13. The Morgan fingerprint density at radius 3 is 2.64 bits per heavy atom. The zero-order valence-electron chi connectivity index (χ0n) is 13.8. The van der Waals surface area contributed by atoms with Crippen LogP contribution in [0.4, 0.5) is 0 Å². The first-order valence-corrected chi connectivity index (χ1v) is 9.59. The molecule has 9 heteroatoms. The first kappa shape index (κ1) is 19.3. The number of nitrogens with zero attached hydrogens (tertiary/aromatic N) is 1. The van der Waals surface area contributed by atoms with Crippen molar-refractivity contribution < 1.29 is 12.8 Å². The Morgan fingerprint density at radius 1 is 1.16 bits per heavy atom. The predicted octanol–water partition coefficient (Wildman–Crippen LogP) is 1.62. The second-order valence-corrected chi connectivity index (χ2v) is 7.31. The third-order valence-corrected chi connectivity index (χ3v) is 4.98. The lowest BCUT2D eigenvalue weighted by Crippen LogP contribution is -2.42. The van der Waals surface area contributed by atoms with Gasteiger partial charge in [0.25, 0.3) is 0 Å². The smallest absolute Gasteiger partial charge is 0.240 e.